The number of hydrogen-bond donors (Lipinski definition) is 2. The number of anilines is 2. The van der Waals surface area contributed by atoms with Crippen molar-refractivity contribution in [2.24, 2.45) is 0 Å². The van der Waals surface area contributed by atoms with Crippen LogP contribution in [-0.4, -0.2) is 31.0 Å². The number of rotatable bonds is 5. The molecular weight excluding hydrogens is 368 g/mol. The number of carbonyl (C=O) groups excluding carboxylic acids is 1. The summed E-state index contributed by atoms with van der Waals surface area (Å²) in [5.41, 5.74) is 2.77. The average molecular weight is 395 g/mol. The van der Waals surface area contributed by atoms with Crippen LogP contribution in [0, 0.1) is 6.92 Å². The minimum absolute atomic E-state index is 0.319. The van der Waals surface area contributed by atoms with E-state index in [1.165, 1.54) is 5.56 Å². The number of hydrogen-bond acceptors (Lipinski definition) is 3. The van der Waals surface area contributed by atoms with Gasteiger partial charge in [-0.15, -0.1) is 0 Å². The first-order valence-electron chi connectivity index (χ1n) is 9.16. The standard InChI is InChI=1S/C21H26N4O2Si/c1-15-6-10-17(11-7-15)25-19(14-20(24-25)28(3,4)5)23-21(26)22-16-8-12-18(27-2)13-9-16/h6-14H,1-5H3,(H2,22,23,26). The summed E-state index contributed by atoms with van der Waals surface area (Å²) < 4.78 is 6.93. The molecule has 1 aromatic heterocycles. The third-order valence-corrected chi connectivity index (χ3v) is 6.13. The highest BCUT2D eigenvalue weighted by atomic mass is 28.3. The van der Waals surface area contributed by atoms with Crippen LogP contribution in [0.4, 0.5) is 16.3 Å². The van der Waals surface area contributed by atoms with Crippen LogP contribution in [0.2, 0.25) is 19.6 Å². The van der Waals surface area contributed by atoms with Gasteiger partial charge in [-0.3, -0.25) is 5.32 Å². The van der Waals surface area contributed by atoms with Gasteiger partial charge in [-0.05, 0) is 49.4 Å². The Morgan fingerprint density at radius 3 is 2.21 bits per heavy atom. The van der Waals surface area contributed by atoms with E-state index in [1.54, 1.807) is 36.1 Å². The molecule has 0 radical (unpaired) electrons. The van der Waals surface area contributed by atoms with Crippen molar-refractivity contribution < 1.29 is 9.53 Å². The second-order valence-electron chi connectivity index (χ2n) is 7.72. The van der Waals surface area contributed by atoms with Crippen LogP contribution in [0.5, 0.6) is 5.75 Å². The molecule has 2 amide bonds. The predicted octanol–water partition coefficient (Wildman–Crippen LogP) is 4.38. The first kappa shape index (κ1) is 19.7. The molecule has 0 aliphatic rings. The summed E-state index contributed by atoms with van der Waals surface area (Å²) in [7, 11) is -0.0323. The molecular formula is C21H26N4O2Si. The Morgan fingerprint density at radius 1 is 1.00 bits per heavy atom. The number of methoxy groups -OCH3 is 1. The lowest BCUT2D eigenvalue weighted by Crippen LogP contribution is -2.39. The van der Waals surface area contributed by atoms with Crippen LogP contribution in [-0.2, 0) is 0 Å². The average Bonchev–Trinajstić information content (AvgIpc) is 3.07. The third-order valence-electron chi connectivity index (χ3n) is 4.35. The minimum atomic E-state index is -1.64. The Bertz CT molecular complexity index is 958. The van der Waals surface area contributed by atoms with Crippen LogP contribution < -0.4 is 20.7 Å². The fourth-order valence-electron chi connectivity index (χ4n) is 2.67. The second kappa shape index (κ2) is 7.90. The van der Waals surface area contributed by atoms with Gasteiger partial charge in [-0.2, -0.15) is 5.10 Å². The summed E-state index contributed by atoms with van der Waals surface area (Å²) in [6, 6.07) is 16.9. The van der Waals surface area contributed by atoms with Crippen molar-refractivity contribution >= 4 is 30.9 Å². The lowest BCUT2D eigenvalue weighted by Gasteiger charge is -2.11. The normalized spacial score (nSPS) is 11.2. The van der Waals surface area contributed by atoms with Gasteiger partial charge in [0, 0.05) is 11.0 Å². The molecule has 1 heterocycles. The van der Waals surface area contributed by atoms with Gasteiger partial charge in [0.2, 0.25) is 0 Å². The molecule has 0 saturated heterocycles. The molecule has 0 fully saturated rings. The summed E-state index contributed by atoms with van der Waals surface area (Å²) in [4.78, 5) is 12.5. The highest BCUT2D eigenvalue weighted by Gasteiger charge is 2.23. The molecule has 28 heavy (non-hydrogen) atoms. The van der Waals surface area contributed by atoms with Gasteiger partial charge in [-0.25, -0.2) is 9.48 Å². The molecule has 0 atom stereocenters. The number of aromatic nitrogens is 2. The van der Waals surface area contributed by atoms with E-state index < -0.39 is 8.07 Å². The fourth-order valence-corrected chi connectivity index (χ4v) is 3.64. The van der Waals surface area contributed by atoms with Gasteiger partial charge in [0.05, 0.1) is 12.8 Å². The molecule has 7 heteroatoms. The molecule has 2 N–H and O–H groups in total. The number of urea groups is 1. The number of carbonyl (C=O) groups is 1. The predicted molar refractivity (Wildman–Crippen MR) is 117 cm³/mol. The van der Waals surface area contributed by atoms with Crippen molar-refractivity contribution in [3.05, 3.63) is 60.2 Å². The number of ether oxygens (including phenoxy) is 1. The number of amides is 2. The first-order valence-corrected chi connectivity index (χ1v) is 12.7. The Kier molecular flexibility index (Phi) is 5.55. The van der Waals surface area contributed by atoms with Crippen molar-refractivity contribution in [2.45, 2.75) is 26.6 Å². The van der Waals surface area contributed by atoms with Gasteiger partial charge in [0.15, 0.2) is 0 Å². The van der Waals surface area contributed by atoms with E-state index in [9.17, 15) is 4.79 Å². The van der Waals surface area contributed by atoms with Crippen LogP contribution in [0.15, 0.2) is 54.6 Å². The molecule has 0 aliphatic carbocycles. The maximum Gasteiger partial charge on any atom is 0.324 e. The van der Waals surface area contributed by atoms with E-state index in [-0.39, 0.29) is 6.03 Å². The number of aryl methyl sites for hydroxylation is 1. The van der Waals surface area contributed by atoms with Gasteiger partial charge in [-0.1, -0.05) is 37.3 Å². The Morgan fingerprint density at radius 2 is 1.64 bits per heavy atom. The summed E-state index contributed by atoms with van der Waals surface area (Å²) in [5, 5.41) is 11.6. The molecule has 0 saturated carbocycles. The zero-order valence-electron chi connectivity index (χ0n) is 16.9. The van der Waals surface area contributed by atoms with Gasteiger partial charge in [0.25, 0.3) is 0 Å². The van der Waals surface area contributed by atoms with Crippen molar-refractivity contribution in [1.82, 2.24) is 9.78 Å². The molecule has 0 bridgehead atoms. The molecule has 0 unspecified atom stereocenters. The quantitative estimate of drug-likeness (QED) is 0.631. The zero-order chi connectivity index (χ0) is 20.3. The smallest absolute Gasteiger partial charge is 0.324 e. The van der Waals surface area contributed by atoms with Crippen molar-refractivity contribution in [3.8, 4) is 11.4 Å². The van der Waals surface area contributed by atoms with Crippen molar-refractivity contribution in [1.29, 1.82) is 0 Å². The number of nitrogens with zero attached hydrogens (tertiary/aromatic N) is 2. The highest BCUT2D eigenvalue weighted by molar-refractivity contribution is 6.88. The number of nitrogens with one attached hydrogen (secondary N) is 2. The minimum Gasteiger partial charge on any atom is -0.497 e. The van der Waals surface area contributed by atoms with E-state index in [4.69, 9.17) is 9.84 Å². The molecule has 146 valence electrons. The molecule has 3 rings (SSSR count). The molecule has 6 nitrogen and oxygen atoms in total. The van der Waals surface area contributed by atoms with E-state index in [0.717, 1.165) is 16.8 Å². The lowest BCUT2D eigenvalue weighted by atomic mass is 10.2. The topological polar surface area (TPSA) is 68.2 Å². The summed E-state index contributed by atoms with van der Waals surface area (Å²) in [5.74, 6) is 1.38. The Hall–Kier alpha value is -3.06. The van der Waals surface area contributed by atoms with Crippen molar-refractivity contribution in [2.75, 3.05) is 17.7 Å². The van der Waals surface area contributed by atoms with Crippen LogP contribution >= 0.6 is 0 Å². The highest BCUT2D eigenvalue weighted by Crippen LogP contribution is 2.18. The lowest BCUT2D eigenvalue weighted by molar-refractivity contribution is 0.262. The van der Waals surface area contributed by atoms with Crippen LogP contribution in [0.25, 0.3) is 5.69 Å². The van der Waals surface area contributed by atoms with E-state index in [2.05, 4.69) is 30.3 Å². The van der Waals surface area contributed by atoms with Gasteiger partial charge in [0.1, 0.15) is 19.6 Å². The number of benzene rings is 2. The second-order valence-corrected chi connectivity index (χ2v) is 12.7. The van der Waals surface area contributed by atoms with Gasteiger partial charge < -0.3 is 10.1 Å². The fraction of sp³-hybridized carbons (Fsp3) is 0.238. The summed E-state index contributed by atoms with van der Waals surface area (Å²) >= 11 is 0. The molecule has 0 spiro atoms. The Labute approximate surface area is 166 Å². The van der Waals surface area contributed by atoms with Crippen LogP contribution in [0.1, 0.15) is 5.56 Å². The third kappa shape index (κ3) is 4.61. The molecule has 3 aromatic rings. The summed E-state index contributed by atoms with van der Waals surface area (Å²) in [6.07, 6.45) is 0. The maximum absolute atomic E-state index is 12.5. The van der Waals surface area contributed by atoms with E-state index in [0.29, 0.717) is 11.5 Å². The monoisotopic (exact) mass is 394 g/mol. The van der Waals surface area contributed by atoms with E-state index >= 15 is 0 Å². The first-order chi connectivity index (χ1) is 13.3. The van der Waals surface area contributed by atoms with Gasteiger partial charge >= 0.3 is 6.03 Å². The maximum atomic E-state index is 12.5. The van der Waals surface area contributed by atoms with Crippen LogP contribution in [0.3, 0.4) is 0 Å². The molecule has 0 aliphatic heterocycles. The largest absolute Gasteiger partial charge is 0.497 e. The van der Waals surface area contributed by atoms with Crippen molar-refractivity contribution in [3.63, 3.8) is 0 Å². The SMILES string of the molecule is COc1ccc(NC(=O)Nc2cc([Si](C)(C)C)nn2-c2ccc(C)cc2)cc1. The summed E-state index contributed by atoms with van der Waals surface area (Å²) in [6.45, 7) is 8.74. The van der Waals surface area contributed by atoms with E-state index in [1.807, 2.05) is 37.3 Å². The Balaban J connectivity index is 1.85. The zero-order valence-corrected chi connectivity index (χ0v) is 17.9. The molecule has 2 aromatic carbocycles.